The van der Waals surface area contributed by atoms with Crippen LogP contribution in [0.2, 0.25) is 0 Å². The van der Waals surface area contributed by atoms with Crippen molar-refractivity contribution < 1.29 is 14.9 Å². The van der Waals surface area contributed by atoms with E-state index in [1.165, 1.54) is 0 Å². The second-order valence-electron chi connectivity index (χ2n) is 5.23. The largest absolute Gasteiger partial charge is 0.497 e. The summed E-state index contributed by atoms with van der Waals surface area (Å²) in [5.41, 5.74) is 2.76. The molecule has 0 amide bonds. The lowest BCUT2D eigenvalue weighted by atomic mass is 10.0. The molecule has 3 heteroatoms. The van der Waals surface area contributed by atoms with Crippen molar-refractivity contribution in [2.45, 2.75) is 12.7 Å². The summed E-state index contributed by atoms with van der Waals surface area (Å²) >= 11 is 0. The number of aliphatic hydroxyl groups is 2. The molecule has 0 fully saturated rings. The Morgan fingerprint density at radius 2 is 1.21 bits per heavy atom. The van der Waals surface area contributed by atoms with E-state index in [9.17, 15) is 5.11 Å². The highest BCUT2D eigenvalue weighted by Gasteiger charge is 2.07. The SMILES string of the molecule is COc1ccc(CO)cc1.OC(c1ccccc1)c1ccccc1. The van der Waals surface area contributed by atoms with Gasteiger partial charge in [-0.3, -0.25) is 0 Å². The highest BCUT2D eigenvalue weighted by atomic mass is 16.5. The van der Waals surface area contributed by atoms with Crippen molar-refractivity contribution in [2.75, 3.05) is 7.11 Å². The van der Waals surface area contributed by atoms with Crippen LogP contribution in [0.5, 0.6) is 5.75 Å². The maximum absolute atomic E-state index is 9.99. The molecule has 0 radical (unpaired) electrons. The Bertz CT molecular complexity index is 632. The van der Waals surface area contributed by atoms with E-state index in [0.29, 0.717) is 0 Å². The first-order valence-corrected chi connectivity index (χ1v) is 7.76. The predicted octanol–water partition coefficient (Wildman–Crippen LogP) is 3.96. The molecular weight excluding hydrogens is 300 g/mol. The van der Waals surface area contributed by atoms with Crippen LogP contribution in [0.4, 0.5) is 0 Å². The van der Waals surface area contributed by atoms with Crippen LogP contribution < -0.4 is 4.74 Å². The normalized spacial score (nSPS) is 10.0. The molecule has 0 bridgehead atoms. The summed E-state index contributed by atoms with van der Waals surface area (Å²) in [6.07, 6.45) is -0.516. The van der Waals surface area contributed by atoms with Crippen molar-refractivity contribution in [2.24, 2.45) is 0 Å². The molecule has 3 nitrogen and oxygen atoms in total. The first kappa shape index (κ1) is 17.7. The zero-order valence-electron chi connectivity index (χ0n) is 13.7. The highest BCUT2D eigenvalue weighted by molar-refractivity contribution is 5.29. The summed E-state index contributed by atoms with van der Waals surface area (Å²) in [5, 5.41) is 18.7. The first-order chi connectivity index (χ1) is 11.7. The van der Waals surface area contributed by atoms with Crippen LogP contribution in [0, 0.1) is 0 Å². The van der Waals surface area contributed by atoms with Gasteiger partial charge in [-0.05, 0) is 28.8 Å². The number of hydrogen-bond donors (Lipinski definition) is 2. The van der Waals surface area contributed by atoms with Crippen LogP contribution in [-0.2, 0) is 6.61 Å². The van der Waals surface area contributed by atoms with Gasteiger partial charge < -0.3 is 14.9 Å². The molecule has 0 aliphatic carbocycles. The topological polar surface area (TPSA) is 49.7 Å². The first-order valence-electron chi connectivity index (χ1n) is 7.76. The number of benzene rings is 3. The predicted molar refractivity (Wildman–Crippen MR) is 95.9 cm³/mol. The van der Waals surface area contributed by atoms with Crippen molar-refractivity contribution in [1.82, 2.24) is 0 Å². The highest BCUT2D eigenvalue weighted by Crippen LogP contribution is 2.20. The summed E-state index contributed by atoms with van der Waals surface area (Å²) in [5.74, 6) is 0.817. The van der Waals surface area contributed by atoms with E-state index in [0.717, 1.165) is 22.4 Å². The van der Waals surface area contributed by atoms with Gasteiger partial charge in [-0.15, -0.1) is 0 Å². The number of ether oxygens (including phenoxy) is 1. The third-order valence-corrected chi connectivity index (χ3v) is 3.57. The second-order valence-corrected chi connectivity index (χ2v) is 5.23. The lowest BCUT2D eigenvalue weighted by Gasteiger charge is -2.10. The van der Waals surface area contributed by atoms with E-state index < -0.39 is 6.10 Å². The number of hydrogen-bond acceptors (Lipinski definition) is 3. The smallest absolute Gasteiger partial charge is 0.118 e. The molecule has 0 heterocycles. The van der Waals surface area contributed by atoms with Gasteiger partial charge >= 0.3 is 0 Å². The second kappa shape index (κ2) is 9.50. The fraction of sp³-hybridized carbons (Fsp3) is 0.143. The van der Waals surface area contributed by atoms with Crippen LogP contribution in [0.1, 0.15) is 22.8 Å². The third-order valence-electron chi connectivity index (χ3n) is 3.57. The van der Waals surface area contributed by atoms with Crippen molar-refractivity contribution in [3.63, 3.8) is 0 Å². The average molecular weight is 322 g/mol. The van der Waals surface area contributed by atoms with E-state index in [4.69, 9.17) is 9.84 Å². The molecule has 3 aromatic carbocycles. The quantitative estimate of drug-likeness (QED) is 0.764. The van der Waals surface area contributed by atoms with Crippen molar-refractivity contribution in [3.8, 4) is 5.75 Å². The Hall–Kier alpha value is -2.62. The molecule has 3 aromatic rings. The van der Waals surface area contributed by atoms with E-state index in [1.807, 2.05) is 84.9 Å². The zero-order chi connectivity index (χ0) is 17.2. The molecule has 0 saturated heterocycles. The summed E-state index contributed by atoms with van der Waals surface area (Å²) < 4.78 is 4.93. The number of methoxy groups -OCH3 is 1. The van der Waals surface area contributed by atoms with Gasteiger partial charge in [-0.25, -0.2) is 0 Å². The van der Waals surface area contributed by atoms with Crippen molar-refractivity contribution in [1.29, 1.82) is 0 Å². The van der Waals surface area contributed by atoms with E-state index in [2.05, 4.69) is 0 Å². The minimum atomic E-state index is -0.516. The fourth-order valence-electron chi connectivity index (χ4n) is 2.19. The Morgan fingerprint density at radius 3 is 1.58 bits per heavy atom. The standard InChI is InChI=1S/C13H12O.C8H10O2/c14-13(11-7-3-1-4-8-11)12-9-5-2-6-10-12;1-10-8-4-2-7(6-9)3-5-8/h1-10,13-14H;2-5,9H,6H2,1H3. The van der Waals surface area contributed by atoms with Gasteiger partial charge in [0.05, 0.1) is 13.7 Å². The average Bonchev–Trinajstić information content (AvgIpc) is 2.69. The monoisotopic (exact) mass is 322 g/mol. The van der Waals surface area contributed by atoms with E-state index in [-0.39, 0.29) is 6.61 Å². The van der Waals surface area contributed by atoms with E-state index in [1.54, 1.807) is 7.11 Å². The summed E-state index contributed by atoms with van der Waals surface area (Å²) in [6, 6.07) is 26.6. The van der Waals surface area contributed by atoms with Crippen LogP contribution in [0.25, 0.3) is 0 Å². The zero-order valence-corrected chi connectivity index (χ0v) is 13.7. The molecule has 3 rings (SSSR count). The molecule has 2 N–H and O–H groups in total. The molecule has 24 heavy (non-hydrogen) atoms. The minimum absolute atomic E-state index is 0.0873. The lowest BCUT2D eigenvalue weighted by molar-refractivity contribution is 0.220. The van der Waals surface area contributed by atoms with Gasteiger partial charge in [0, 0.05) is 0 Å². The Morgan fingerprint density at radius 1 is 0.750 bits per heavy atom. The Balaban J connectivity index is 0.000000185. The number of aliphatic hydroxyl groups excluding tert-OH is 2. The molecule has 0 atom stereocenters. The minimum Gasteiger partial charge on any atom is -0.497 e. The van der Waals surface area contributed by atoms with Gasteiger partial charge in [0.1, 0.15) is 11.9 Å². The molecule has 0 spiro atoms. The molecule has 0 unspecified atom stereocenters. The molecule has 0 aliphatic heterocycles. The maximum Gasteiger partial charge on any atom is 0.118 e. The lowest BCUT2D eigenvalue weighted by Crippen LogP contribution is -1.98. The summed E-state index contributed by atoms with van der Waals surface area (Å²) in [4.78, 5) is 0. The summed E-state index contributed by atoms with van der Waals surface area (Å²) in [6.45, 7) is 0.0873. The molecule has 0 saturated carbocycles. The molecule has 0 aromatic heterocycles. The van der Waals surface area contributed by atoms with Crippen LogP contribution in [0.15, 0.2) is 84.9 Å². The Labute approximate surface area is 142 Å². The van der Waals surface area contributed by atoms with Gasteiger partial charge in [-0.2, -0.15) is 0 Å². The molecule has 124 valence electrons. The third kappa shape index (κ3) is 5.23. The molecule has 0 aliphatic rings. The van der Waals surface area contributed by atoms with E-state index >= 15 is 0 Å². The van der Waals surface area contributed by atoms with Gasteiger partial charge in [0.15, 0.2) is 0 Å². The fourth-order valence-corrected chi connectivity index (χ4v) is 2.19. The number of rotatable bonds is 4. The van der Waals surface area contributed by atoms with Crippen LogP contribution in [-0.4, -0.2) is 17.3 Å². The maximum atomic E-state index is 9.99. The van der Waals surface area contributed by atoms with Crippen LogP contribution >= 0.6 is 0 Å². The van der Waals surface area contributed by atoms with Gasteiger partial charge in [0.2, 0.25) is 0 Å². The summed E-state index contributed by atoms with van der Waals surface area (Å²) in [7, 11) is 1.62. The van der Waals surface area contributed by atoms with Gasteiger partial charge in [0.25, 0.3) is 0 Å². The molecular formula is C21H22O3. The van der Waals surface area contributed by atoms with Crippen molar-refractivity contribution >= 4 is 0 Å². The Kier molecular flexibility index (Phi) is 7.02. The van der Waals surface area contributed by atoms with Gasteiger partial charge in [-0.1, -0.05) is 72.8 Å². The van der Waals surface area contributed by atoms with Crippen LogP contribution in [0.3, 0.4) is 0 Å². The van der Waals surface area contributed by atoms with Crippen molar-refractivity contribution in [3.05, 3.63) is 102 Å².